The van der Waals surface area contributed by atoms with Crippen LogP contribution in [0.3, 0.4) is 0 Å². The van der Waals surface area contributed by atoms with E-state index in [0.29, 0.717) is 11.8 Å². The summed E-state index contributed by atoms with van der Waals surface area (Å²) in [4.78, 5) is 15.2. The molecule has 24 heavy (non-hydrogen) atoms. The minimum atomic E-state index is 0.0225. The van der Waals surface area contributed by atoms with Crippen molar-refractivity contribution in [3.63, 3.8) is 0 Å². The van der Waals surface area contributed by atoms with E-state index in [-0.39, 0.29) is 24.5 Å². The van der Waals surface area contributed by atoms with E-state index in [2.05, 4.69) is 16.3 Å². The zero-order valence-electron chi connectivity index (χ0n) is 14.3. The van der Waals surface area contributed by atoms with Gasteiger partial charge in [-0.2, -0.15) is 0 Å². The molecule has 2 saturated carbocycles. The first-order valence-electron chi connectivity index (χ1n) is 9.47. The van der Waals surface area contributed by atoms with E-state index in [0.717, 1.165) is 12.1 Å². The van der Waals surface area contributed by atoms with Crippen LogP contribution in [-0.2, 0) is 6.54 Å². The van der Waals surface area contributed by atoms with Crippen LogP contribution in [0.1, 0.15) is 48.0 Å². The predicted molar refractivity (Wildman–Crippen MR) is 93.6 cm³/mol. The van der Waals surface area contributed by atoms with Gasteiger partial charge in [-0.05, 0) is 74.7 Å². The van der Waals surface area contributed by atoms with E-state index in [1.807, 2.05) is 18.2 Å². The number of nitrogens with zero attached hydrogens (tertiary/aromatic N) is 1. The van der Waals surface area contributed by atoms with Crippen LogP contribution in [0, 0.1) is 17.8 Å². The third kappa shape index (κ3) is 3.09. The molecule has 1 aromatic rings. The molecule has 0 spiro atoms. The maximum atomic E-state index is 12.7. The minimum absolute atomic E-state index is 0.0225. The number of amides is 1. The molecule has 1 amide bonds. The minimum Gasteiger partial charge on any atom is -0.396 e. The SMILES string of the molecule is O=C(NC1C2CCC(C2)C1CO)c1cccc(CN2CCCC2)c1. The molecule has 4 rings (SSSR count). The number of aliphatic hydroxyl groups is 1. The standard InChI is InChI=1S/C20H28N2O2/c23-13-18-15-6-7-16(11-15)19(18)21-20(24)17-5-3-4-14(10-17)12-22-8-1-2-9-22/h3-5,10,15-16,18-19,23H,1-2,6-9,11-13H2,(H,21,24). The second-order valence-electron chi connectivity index (χ2n) is 7.86. The van der Waals surface area contributed by atoms with Crippen molar-refractivity contribution in [3.8, 4) is 0 Å². The van der Waals surface area contributed by atoms with Gasteiger partial charge in [-0.15, -0.1) is 0 Å². The fourth-order valence-electron chi connectivity index (χ4n) is 5.14. The van der Waals surface area contributed by atoms with Crippen molar-refractivity contribution in [3.05, 3.63) is 35.4 Å². The van der Waals surface area contributed by atoms with Gasteiger partial charge in [-0.25, -0.2) is 0 Å². The first kappa shape index (κ1) is 16.1. The Morgan fingerprint density at radius 2 is 2.00 bits per heavy atom. The van der Waals surface area contributed by atoms with E-state index in [1.54, 1.807) is 0 Å². The molecular weight excluding hydrogens is 300 g/mol. The quantitative estimate of drug-likeness (QED) is 0.873. The van der Waals surface area contributed by atoms with Crippen LogP contribution in [0.2, 0.25) is 0 Å². The number of rotatable bonds is 5. The highest BCUT2D eigenvalue weighted by atomic mass is 16.3. The summed E-state index contributed by atoms with van der Waals surface area (Å²) < 4.78 is 0. The van der Waals surface area contributed by atoms with Crippen molar-refractivity contribution in [2.45, 2.75) is 44.7 Å². The van der Waals surface area contributed by atoms with Gasteiger partial charge in [0.25, 0.3) is 5.91 Å². The lowest BCUT2D eigenvalue weighted by molar-refractivity contribution is 0.0861. The number of hydrogen-bond donors (Lipinski definition) is 2. The van der Waals surface area contributed by atoms with Gasteiger partial charge < -0.3 is 10.4 Å². The second-order valence-corrected chi connectivity index (χ2v) is 7.86. The number of likely N-dealkylation sites (tertiary alicyclic amines) is 1. The summed E-state index contributed by atoms with van der Waals surface area (Å²) in [6, 6.07) is 8.20. The van der Waals surface area contributed by atoms with E-state index >= 15 is 0 Å². The molecule has 2 N–H and O–H groups in total. The van der Waals surface area contributed by atoms with Gasteiger partial charge >= 0.3 is 0 Å². The number of benzene rings is 1. The summed E-state index contributed by atoms with van der Waals surface area (Å²) in [6.07, 6.45) is 6.15. The van der Waals surface area contributed by atoms with Crippen LogP contribution < -0.4 is 5.32 Å². The Balaban J connectivity index is 1.42. The highest BCUT2D eigenvalue weighted by Gasteiger charge is 2.47. The highest BCUT2D eigenvalue weighted by molar-refractivity contribution is 5.94. The number of fused-ring (bicyclic) bond motifs is 2. The average molecular weight is 328 g/mol. The highest BCUT2D eigenvalue weighted by Crippen LogP contribution is 2.48. The number of hydrogen-bond acceptors (Lipinski definition) is 3. The Kier molecular flexibility index (Phi) is 4.59. The lowest BCUT2D eigenvalue weighted by Gasteiger charge is -2.30. The van der Waals surface area contributed by atoms with Gasteiger partial charge in [0.15, 0.2) is 0 Å². The summed E-state index contributed by atoms with van der Waals surface area (Å²) >= 11 is 0. The molecule has 4 nitrogen and oxygen atoms in total. The first-order chi connectivity index (χ1) is 11.7. The van der Waals surface area contributed by atoms with Crippen molar-refractivity contribution >= 4 is 5.91 Å². The molecule has 4 heteroatoms. The van der Waals surface area contributed by atoms with E-state index < -0.39 is 0 Å². The maximum absolute atomic E-state index is 12.7. The molecule has 3 fully saturated rings. The van der Waals surface area contributed by atoms with E-state index in [4.69, 9.17) is 0 Å². The van der Waals surface area contributed by atoms with Crippen LogP contribution in [-0.4, -0.2) is 41.7 Å². The molecule has 1 aromatic carbocycles. The zero-order valence-corrected chi connectivity index (χ0v) is 14.3. The van der Waals surface area contributed by atoms with E-state index in [9.17, 15) is 9.90 Å². The first-order valence-corrected chi connectivity index (χ1v) is 9.47. The number of carbonyl (C=O) groups excluding carboxylic acids is 1. The smallest absolute Gasteiger partial charge is 0.251 e. The van der Waals surface area contributed by atoms with Gasteiger partial charge in [0, 0.05) is 30.7 Å². The van der Waals surface area contributed by atoms with Gasteiger partial charge in [0.2, 0.25) is 0 Å². The molecule has 4 atom stereocenters. The largest absolute Gasteiger partial charge is 0.396 e. The van der Waals surface area contributed by atoms with Crippen molar-refractivity contribution in [1.29, 1.82) is 0 Å². The summed E-state index contributed by atoms with van der Waals surface area (Å²) in [5, 5.41) is 12.9. The number of aliphatic hydroxyl groups excluding tert-OH is 1. The van der Waals surface area contributed by atoms with Crippen LogP contribution in [0.4, 0.5) is 0 Å². The van der Waals surface area contributed by atoms with Crippen LogP contribution in [0.25, 0.3) is 0 Å². The lowest BCUT2D eigenvalue weighted by atomic mass is 9.85. The zero-order chi connectivity index (χ0) is 16.5. The van der Waals surface area contributed by atoms with Crippen LogP contribution in [0.15, 0.2) is 24.3 Å². The van der Waals surface area contributed by atoms with E-state index in [1.165, 1.54) is 50.8 Å². The molecular formula is C20H28N2O2. The molecule has 1 aliphatic heterocycles. The Morgan fingerprint density at radius 1 is 1.21 bits per heavy atom. The van der Waals surface area contributed by atoms with Crippen molar-refractivity contribution in [1.82, 2.24) is 10.2 Å². The molecule has 0 radical (unpaired) electrons. The number of nitrogens with one attached hydrogen (secondary N) is 1. The Bertz CT molecular complexity index is 597. The maximum Gasteiger partial charge on any atom is 0.251 e. The monoisotopic (exact) mass is 328 g/mol. The average Bonchev–Trinajstić information content (AvgIpc) is 3.32. The molecule has 2 aliphatic carbocycles. The van der Waals surface area contributed by atoms with Crippen molar-refractivity contribution in [2.24, 2.45) is 17.8 Å². The fourth-order valence-corrected chi connectivity index (χ4v) is 5.14. The summed E-state index contributed by atoms with van der Waals surface area (Å²) in [6.45, 7) is 3.47. The topological polar surface area (TPSA) is 52.6 Å². The Hall–Kier alpha value is -1.39. The van der Waals surface area contributed by atoms with Gasteiger partial charge in [-0.3, -0.25) is 9.69 Å². The Labute approximate surface area is 144 Å². The lowest BCUT2D eigenvalue weighted by Crippen LogP contribution is -2.45. The molecule has 4 unspecified atom stereocenters. The molecule has 130 valence electrons. The molecule has 1 saturated heterocycles. The molecule has 2 bridgehead atoms. The summed E-state index contributed by atoms with van der Waals surface area (Å²) in [5.74, 6) is 1.44. The number of carbonyl (C=O) groups is 1. The van der Waals surface area contributed by atoms with Crippen molar-refractivity contribution < 1.29 is 9.90 Å². The van der Waals surface area contributed by atoms with Gasteiger partial charge in [0.05, 0.1) is 0 Å². The van der Waals surface area contributed by atoms with Crippen LogP contribution in [0.5, 0.6) is 0 Å². The molecule has 3 aliphatic rings. The van der Waals surface area contributed by atoms with Gasteiger partial charge in [0.1, 0.15) is 0 Å². The van der Waals surface area contributed by atoms with Crippen molar-refractivity contribution in [2.75, 3.05) is 19.7 Å². The summed E-state index contributed by atoms with van der Waals surface area (Å²) in [7, 11) is 0. The van der Waals surface area contributed by atoms with Crippen LogP contribution >= 0.6 is 0 Å². The van der Waals surface area contributed by atoms with Gasteiger partial charge in [-0.1, -0.05) is 12.1 Å². The second kappa shape index (κ2) is 6.85. The third-order valence-corrected chi connectivity index (χ3v) is 6.39. The molecule has 0 aromatic heterocycles. The molecule has 1 heterocycles. The summed E-state index contributed by atoms with van der Waals surface area (Å²) in [5.41, 5.74) is 1.97. The third-order valence-electron chi connectivity index (χ3n) is 6.39. The normalized spacial score (nSPS) is 32.4. The predicted octanol–water partition coefficient (Wildman–Crippen LogP) is 2.42. The fraction of sp³-hybridized carbons (Fsp3) is 0.650. The Morgan fingerprint density at radius 3 is 2.79 bits per heavy atom.